The standard InChI is InChI=1S/C16H24BrN/c1-3-12(4-2)15-9-10-18-11-16(15)13-5-7-14(17)8-6-13/h5-8,12,15-16,18H,3-4,9-11H2,1-2H3. The Labute approximate surface area is 119 Å². The zero-order chi connectivity index (χ0) is 13.0. The fourth-order valence-electron chi connectivity index (χ4n) is 3.41. The number of nitrogens with one attached hydrogen (secondary N) is 1. The molecule has 1 aliphatic rings. The maximum absolute atomic E-state index is 3.57. The second-order valence-corrected chi connectivity index (χ2v) is 6.31. The number of rotatable bonds is 4. The first-order valence-electron chi connectivity index (χ1n) is 7.22. The van der Waals surface area contributed by atoms with Crippen LogP contribution in [-0.4, -0.2) is 13.1 Å². The van der Waals surface area contributed by atoms with Gasteiger partial charge in [0, 0.05) is 11.0 Å². The average Bonchev–Trinajstić information content (AvgIpc) is 2.42. The van der Waals surface area contributed by atoms with E-state index in [-0.39, 0.29) is 0 Å². The molecule has 1 nitrogen and oxygen atoms in total. The van der Waals surface area contributed by atoms with Gasteiger partial charge in [0.1, 0.15) is 0 Å². The summed E-state index contributed by atoms with van der Waals surface area (Å²) in [6, 6.07) is 8.93. The van der Waals surface area contributed by atoms with Gasteiger partial charge in [-0.2, -0.15) is 0 Å². The minimum Gasteiger partial charge on any atom is -0.316 e. The summed E-state index contributed by atoms with van der Waals surface area (Å²) in [5, 5.41) is 3.57. The average molecular weight is 310 g/mol. The molecule has 1 aromatic rings. The Kier molecular flexibility index (Phi) is 5.25. The van der Waals surface area contributed by atoms with Crippen molar-refractivity contribution in [3.8, 4) is 0 Å². The molecule has 0 amide bonds. The normalized spacial score (nSPS) is 24.4. The highest BCUT2D eigenvalue weighted by atomic mass is 79.9. The predicted molar refractivity (Wildman–Crippen MR) is 81.9 cm³/mol. The molecule has 0 saturated carbocycles. The number of hydrogen-bond donors (Lipinski definition) is 1. The molecule has 1 heterocycles. The molecule has 0 aromatic heterocycles. The van der Waals surface area contributed by atoms with Gasteiger partial charge in [0.2, 0.25) is 0 Å². The van der Waals surface area contributed by atoms with Crippen molar-refractivity contribution in [2.24, 2.45) is 11.8 Å². The van der Waals surface area contributed by atoms with Crippen molar-refractivity contribution < 1.29 is 0 Å². The summed E-state index contributed by atoms with van der Waals surface area (Å²) in [6.45, 7) is 7.01. The van der Waals surface area contributed by atoms with E-state index in [1.165, 1.54) is 35.8 Å². The Morgan fingerprint density at radius 2 is 1.89 bits per heavy atom. The van der Waals surface area contributed by atoms with E-state index in [9.17, 15) is 0 Å². The van der Waals surface area contributed by atoms with Crippen molar-refractivity contribution in [3.63, 3.8) is 0 Å². The lowest BCUT2D eigenvalue weighted by atomic mass is 9.72. The van der Waals surface area contributed by atoms with Gasteiger partial charge in [-0.05, 0) is 48.4 Å². The number of piperidine rings is 1. The fourth-order valence-corrected chi connectivity index (χ4v) is 3.68. The molecular formula is C16H24BrN. The highest BCUT2D eigenvalue weighted by Gasteiger charge is 2.30. The van der Waals surface area contributed by atoms with Crippen LogP contribution in [0.15, 0.2) is 28.7 Å². The zero-order valence-electron chi connectivity index (χ0n) is 11.5. The van der Waals surface area contributed by atoms with Crippen LogP contribution in [-0.2, 0) is 0 Å². The molecule has 2 unspecified atom stereocenters. The first-order chi connectivity index (χ1) is 8.76. The smallest absolute Gasteiger partial charge is 0.0175 e. The molecule has 2 atom stereocenters. The molecule has 2 heteroatoms. The quantitative estimate of drug-likeness (QED) is 0.858. The van der Waals surface area contributed by atoms with Crippen molar-refractivity contribution in [1.29, 1.82) is 0 Å². The third-order valence-corrected chi connectivity index (χ3v) is 5.02. The van der Waals surface area contributed by atoms with E-state index < -0.39 is 0 Å². The molecule has 100 valence electrons. The number of halogens is 1. The van der Waals surface area contributed by atoms with Crippen LogP contribution in [0.5, 0.6) is 0 Å². The van der Waals surface area contributed by atoms with Gasteiger partial charge in [0.25, 0.3) is 0 Å². The fraction of sp³-hybridized carbons (Fsp3) is 0.625. The Balaban J connectivity index is 2.19. The van der Waals surface area contributed by atoms with Crippen LogP contribution in [0, 0.1) is 11.8 Å². The summed E-state index contributed by atoms with van der Waals surface area (Å²) in [5.74, 6) is 2.42. The molecule has 0 spiro atoms. The predicted octanol–water partition coefficient (Wildman–Crippen LogP) is 4.58. The number of benzene rings is 1. The Hall–Kier alpha value is -0.340. The molecule has 0 bridgehead atoms. The van der Waals surface area contributed by atoms with Gasteiger partial charge in [-0.1, -0.05) is 54.8 Å². The van der Waals surface area contributed by atoms with E-state index in [1.54, 1.807) is 0 Å². The first-order valence-corrected chi connectivity index (χ1v) is 8.01. The Morgan fingerprint density at radius 1 is 1.22 bits per heavy atom. The van der Waals surface area contributed by atoms with Crippen LogP contribution in [0.2, 0.25) is 0 Å². The highest BCUT2D eigenvalue weighted by Crippen LogP contribution is 2.37. The Morgan fingerprint density at radius 3 is 2.50 bits per heavy atom. The van der Waals surface area contributed by atoms with Crippen molar-refractivity contribution >= 4 is 15.9 Å². The summed E-state index contributed by atoms with van der Waals surface area (Å²) >= 11 is 3.53. The molecule has 1 saturated heterocycles. The molecule has 2 rings (SSSR count). The summed E-state index contributed by atoms with van der Waals surface area (Å²) in [6.07, 6.45) is 3.95. The van der Waals surface area contributed by atoms with E-state index in [2.05, 4.69) is 59.4 Å². The van der Waals surface area contributed by atoms with Gasteiger partial charge in [-0.15, -0.1) is 0 Å². The van der Waals surface area contributed by atoms with Crippen molar-refractivity contribution in [2.45, 2.75) is 39.0 Å². The topological polar surface area (TPSA) is 12.0 Å². The first kappa shape index (κ1) is 14.1. The van der Waals surface area contributed by atoms with Crippen molar-refractivity contribution in [2.75, 3.05) is 13.1 Å². The van der Waals surface area contributed by atoms with E-state index in [0.29, 0.717) is 5.92 Å². The molecule has 1 aliphatic heterocycles. The van der Waals surface area contributed by atoms with E-state index in [0.717, 1.165) is 18.4 Å². The van der Waals surface area contributed by atoms with Crippen molar-refractivity contribution in [1.82, 2.24) is 5.32 Å². The largest absolute Gasteiger partial charge is 0.316 e. The van der Waals surface area contributed by atoms with Crippen molar-refractivity contribution in [3.05, 3.63) is 34.3 Å². The lowest BCUT2D eigenvalue weighted by Crippen LogP contribution is -2.38. The second-order valence-electron chi connectivity index (χ2n) is 5.39. The van der Waals surface area contributed by atoms with Gasteiger partial charge in [-0.3, -0.25) is 0 Å². The molecular weight excluding hydrogens is 286 g/mol. The van der Waals surface area contributed by atoms with Crippen LogP contribution in [0.3, 0.4) is 0 Å². The van der Waals surface area contributed by atoms with E-state index in [4.69, 9.17) is 0 Å². The minimum atomic E-state index is 0.691. The summed E-state index contributed by atoms with van der Waals surface area (Å²) in [4.78, 5) is 0. The van der Waals surface area contributed by atoms with Gasteiger partial charge < -0.3 is 5.32 Å². The summed E-state index contributed by atoms with van der Waals surface area (Å²) in [7, 11) is 0. The van der Waals surface area contributed by atoms with Gasteiger partial charge >= 0.3 is 0 Å². The molecule has 18 heavy (non-hydrogen) atoms. The molecule has 1 N–H and O–H groups in total. The lowest BCUT2D eigenvalue weighted by Gasteiger charge is -2.37. The van der Waals surface area contributed by atoms with Crippen LogP contribution in [0.1, 0.15) is 44.6 Å². The lowest BCUT2D eigenvalue weighted by molar-refractivity contribution is 0.213. The third kappa shape index (κ3) is 3.16. The van der Waals surface area contributed by atoms with Crippen LogP contribution in [0.25, 0.3) is 0 Å². The number of hydrogen-bond acceptors (Lipinski definition) is 1. The minimum absolute atomic E-state index is 0.691. The molecule has 0 aliphatic carbocycles. The SMILES string of the molecule is CCC(CC)C1CCNCC1c1ccc(Br)cc1. The second kappa shape index (κ2) is 6.72. The van der Waals surface area contributed by atoms with Crippen LogP contribution < -0.4 is 5.32 Å². The molecule has 0 radical (unpaired) electrons. The molecule has 1 fully saturated rings. The van der Waals surface area contributed by atoms with Gasteiger partial charge in [0.15, 0.2) is 0 Å². The highest BCUT2D eigenvalue weighted by molar-refractivity contribution is 9.10. The van der Waals surface area contributed by atoms with Gasteiger partial charge in [0.05, 0.1) is 0 Å². The summed E-state index contributed by atoms with van der Waals surface area (Å²) < 4.78 is 1.18. The van der Waals surface area contributed by atoms with Crippen LogP contribution in [0.4, 0.5) is 0 Å². The van der Waals surface area contributed by atoms with Gasteiger partial charge in [-0.25, -0.2) is 0 Å². The Bertz CT molecular complexity index is 356. The van der Waals surface area contributed by atoms with E-state index >= 15 is 0 Å². The third-order valence-electron chi connectivity index (χ3n) is 4.49. The maximum Gasteiger partial charge on any atom is 0.0175 e. The van der Waals surface area contributed by atoms with E-state index in [1.807, 2.05) is 0 Å². The maximum atomic E-state index is 3.57. The zero-order valence-corrected chi connectivity index (χ0v) is 13.0. The molecule has 1 aromatic carbocycles. The monoisotopic (exact) mass is 309 g/mol. The summed E-state index contributed by atoms with van der Waals surface area (Å²) in [5.41, 5.74) is 1.50. The van der Waals surface area contributed by atoms with Crippen LogP contribution >= 0.6 is 15.9 Å².